The number of benzene rings is 2. The standard InChI is InChI=1S/C32H43FO4/c1-3-5-6-7-8-9-21-36-31-20-19-28(22-29(31)33)30(34)23-37-32(35)27-17-15-26(16-18-27)25-13-11-24(10-4-2)12-14-25/h15-20,22,24-25H,3-14,21,23H2,1-2H3. The summed E-state index contributed by atoms with van der Waals surface area (Å²) in [4.78, 5) is 24.9. The molecule has 0 radical (unpaired) electrons. The summed E-state index contributed by atoms with van der Waals surface area (Å²) in [6, 6.07) is 11.7. The highest BCUT2D eigenvalue weighted by Crippen LogP contribution is 2.37. The third kappa shape index (κ3) is 9.28. The van der Waals surface area contributed by atoms with Gasteiger partial charge in [-0.3, -0.25) is 4.79 Å². The number of esters is 1. The Morgan fingerprint density at radius 2 is 1.51 bits per heavy atom. The molecule has 2 aromatic carbocycles. The molecular formula is C32H43FO4. The molecular weight excluding hydrogens is 467 g/mol. The fraction of sp³-hybridized carbons (Fsp3) is 0.562. The van der Waals surface area contributed by atoms with Gasteiger partial charge in [0, 0.05) is 5.56 Å². The van der Waals surface area contributed by atoms with Gasteiger partial charge in [-0.2, -0.15) is 0 Å². The Morgan fingerprint density at radius 3 is 2.19 bits per heavy atom. The van der Waals surface area contributed by atoms with Gasteiger partial charge in [-0.1, -0.05) is 70.9 Å². The topological polar surface area (TPSA) is 52.6 Å². The van der Waals surface area contributed by atoms with Crippen LogP contribution in [0.5, 0.6) is 5.75 Å². The van der Waals surface area contributed by atoms with Crippen molar-refractivity contribution in [2.45, 2.75) is 96.8 Å². The number of ether oxygens (including phenoxy) is 2. The van der Waals surface area contributed by atoms with E-state index in [2.05, 4.69) is 13.8 Å². The van der Waals surface area contributed by atoms with E-state index in [1.807, 2.05) is 12.1 Å². The van der Waals surface area contributed by atoms with Crippen molar-refractivity contribution in [1.29, 1.82) is 0 Å². The second kappa shape index (κ2) is 15.5. The molecule has 5 heteroatoms. The number of halogens is 1. The molecule has 0 amide bonds. The Hall–Kier alpha value is -2.69. The third-order valence-corrected chi connectivity index (χ3v) is 7.51. The van der Waals surface area contributed by atoms with E-state index in [0.717, 1.165) is 31.2 Å². The number of ketones is 1. The normalized spacial score (nSPS) is 17.4. The van der Waals surface area contributed by atoms with Crippen LogP contribution >= 0.6 is 0 Å². The van der Waals surface area contributed by atoms with Gasteiger partial charge in [0.05, 0.1) is 12.2 Å². The summed E-state index contributed by atoms with van der Waals surface area (Å²) in [6.45, 7) is 4.45. The van der Waals surface area contributed by atoms with Gasteiger partial charge in [0.2, 0.25) is 0 Å². The lowest BCUT2D eigenvalue weighted by Gasteiger charge is -2.28. The number of unbranched alkanes of at least 4 members (excludes halogenated alkanes) is 5. The van der Waals surface area contributed by atoms with E-state index in [9.17, 15) is 14.0 Å². The number of rotatable bonds is 15. The fourth-order valence-corrected chi connectivity index (χ4v) is 5.24. The van der Waals surface area contributed by atoms with Crippen LogP contribution in [0, 0.1) is 11.7 Å². The van der Waals surface area contributed by atoms with Crippen LogP contribution in [0.25, 0.3) is 0 Å². The van der Waals surface area contributed by atoms with Crippen molar-refractivity contribution in [2.24, 2.45) is 5.92 Å². The molecule has 0 N–H and O–H groups in total. The van der Waals surface area contributed by atoms with Gasteiger partial charge in [-0.05, 0) is 79.8 Å². The molecule has 1 saturated carbocycles. The Kier molecular flexibility index (Phi) is 12.1. The lowest BCUT2D eigenvalue weighted by atomic mass is 9.77. The molecule has 2 aromatic rings. The second-order valence-electron chi connectivity index (χ2n) is 10.4. The molecule has 0 aromatic heterocycles. The molecule has 3 rings (SSSR count). The minimum Gasteiger partial charge on any atom is -0.491 e. The maximum absolute atomic E-state index is 14.4. The second-order valence-corrected chi connectivity index (χ2v) is 10.4. The maximum atomic E-state index is 14.4. The van der Waals surface area contributed by atoms with Crippen LogP contribution in [0.4, 0.5) is 4.39 Å². The summed E-state index contributed by atoms with van der Waals surface area (Å²) in [5.74, 6) is -0.0348. The monoisotopic (exact) mass is 510 g/mol. The van der Waals surface area contributed by atoms with Crippen molar-refractivity contribution in [3.63, 3.8) is 0 Å². The molecule has 0 bridgehead atoms. The highest BCUT2D eigenvalue weighted by molar-refractivity contribution is 5.99. The summed E-state index contributed by atoms with van der Waals surface area (Å²) in [6.07, 6.45) is 14.3. The van der Waals surface area contributed by atoms with Crippen molar-refractivity contribution >= 4 is 11.8 Å². The maximum Gasteiger partial charge on any atom is 0.338 e. The Labute approximate surface area is 221 Å². The Morgan fingerprint density at radius 1 is 0.838 bits per heavy atom. The molecule has 0 unspecified atom stereocenters. The van der Waals surface area contributed by atoms with E-state index in [0.29, 0.717) is 18.1 Å². The molecule has 0 saturated heterocycles. The molecule has 202 valence electrons. The van der Waals surface area contributed by atoms with Gasteiger partial charge < -0.3 is 9.47 Å². The average Bonchev–Trinajstić information content (AvgIpc) is 2.92. The number of hydrogen-bond donors (Lipinski definition) is 0. The first-order chi connectivity index (χ1) is 18.0. The quantitative estimate of drug-likeness (QED) is 0.137. The van der Waals surface area contributed by atoms with Crippen LogP contribution in [0.2, 0.25) is 0 Å². The van der Waals surface area contributed by atoms with Crippen LogP contribution in [0.15, 0.2) is 42.5 Å². The van der Waals surface area contributed by atoms with Crippen LogP contribution in [0.3, 0.4) is 0 Å². The molecule has 0 heterocycles. The summed E-state index contributed by atoms with van der Waals surface area (Å²) in [7, 11) is 0. The molecule has 37 heavy (non-hydrogen) atoms. The van der Waals surface area contributed by atoms with Crippen LogP contribution < -0.4 is 4.74 Å². The zero-order chi connectivity index (χ0) is 26.5. The Balaban J connectivity index is 1.42. The van der Waals surface area contributed by atoms with Crippen molar-refractivity contribution in [3.05, 3.63) is 65.0 Å². The lowest BCUT2D eigenvalue weighted by Crippen LogP contribution is -2.15. The summed E-state index contributed by atoms with van der Waals surface area (Å²) in [5.41, 5.74) is 1.84. The summed E-state index contributed by atoms with van der Waals surface area (Å²) < 4.78 is 25.2. The number of hydrogen-bond acceptors (Lipinski definition) is 4. The van der Waals surface area contributed by atoms with Gasteiger partial charge in [-0.15, -0.1) is 0 Å². The molecule has 0 spiro atoms. The Bertz CT molecular complexity index is 977. The number of carbonyl (C=O) groups is 2. The van der Waals surface area contributed by atoms with E-state index in [-0.39, 0.29) is 11.3 Å². The van der Waals surface area contributed by atoms with E-state index in [1.165, 1.54) is 75.5 Å². The van der Waals surface area contributed by atoms with Gasteiger partial charge in [0.25, 0.3) is 0 Å². The van der Waals surface area contributed by atoms with Gasteiger partial charge in [0.15, 0.2) is 24.0 Å². The predicted octanol–water partition coefficient (Wildman–Crippen LogP) is 8.68. The summed E-state index contributed by atoms with van der Waals surface area (Å²) >= 11 is 0. The van der Waals surface area contributed by atoms with Crippen molar-refractivity contribution in [2.75, 3.05) is 13.2 Å². The van der Waals surface area contributed by atoms with Crippen LogP contribution in [-0.2, 0) is 4.74 Å². The van der Waals surface area contributed by atoms with Gasteiger partial charge in [-0.25, -0.2) is 9.18 Å². The van der Waals surface area contributed by atoms with Crippen molar-refractivity contribution in [1.82, 2.24) is 0 Å². The van der Waals surface area contributed by atoms with E-state index < -0.39 is 24.2 Å². The third-order valence-electron chi connectivity index (χ3n) is 7.51. The largest absolute Gasteiger partial charge is 0.491 e. The average molecular weight is 511 g/mol. The summed E-state index contributed by atoms with van der Waals surface area (Å²) in [5, 5.41) is 0. The highest BCUT2D eigenvalue weighted by atomic mass is 19.1. The minimum absolute atomic E-state index is 0.140. The predicted molar refractivity (Wildman–Crippen MR) is 146 cm³/mol. The first-order valence-corrected chi connectivity index (χ1v) is 14.2. The lowest BCUT2D eigenvalue weighted by molar-refractivity contribution is 0.0474. The van der Waals surface area contributed by atoms with Gasteiger partial charge in [0.1, 0.15) is 0 Å². The van der Waals surface area contributed by atoms with Crippen molar-refractivity contribution in [3.8, 4) is 5.75 Å². The van der Waals surface area contributed by atoms with E-state index in [1.54, 1.807) is 12.1 Å². The first kappa shape index (κ1) is 28.9. The zero-order valence-electron chi connectivity index (χ0n) is 22.6. The minimum atomic E-state index is -0.581. The first-order valence-electron chi connectivity index (χ1n) is 14.2. The van der Waals surface area contributed by atoms with E-state index in [4.69, 9.17) is 9.47 Å². The molecule has 1 fully saturated rings. The molecule has 0 aliphatic heterocycles. The molecule has 0 atom stereocenters. The number of carbonyl (C=O) groups excluding carboxylic acids is 2. The highest BCUT2D eigenvalue weighted by Gasteiger charge is 2.22. The van der Waals surface area contributed by atoms with Crippen LogP contribution in [0.1, 0.15) is 123 Å². The van der Waals surface area contributed by atoms with Crippen LogP contribution in [-0.4, -0.2) is 25.0 Å². The number of Topliss-reactive ketones (excluding diaryl/α,β-unsaturated/α-hetero) is 1. The van der Waals surface area contributed by atoms with E-state index >= 15 is 0 Å². The molecule has 1 aliphatic rings. The van der Waals surface area contributed by atoms with Gasteiger partial charge >= 0.3 is 5.97 Å². The molecule has 4 nitrogen and oxygen atoms in total. The zero-order valence-corrected chi connectivity index (χ0v) is 22.6. The fourth-order valence-electron chi connectivity index (χ4n) is 5.24. The smallest absolute Gasteiger partial charge is 0.338 e. The molecule has 1 aliphatic carbocycles. The SMILES string of the molecule is CCCCCCCCOc1ccc(C(=O)COC(=O)c2ccc(C3CCC(CCC)CC3)cc2)cc1F. The van der Waals surface area contributed by atoms with Crippen molar-refractivity contribution < 1.29 is 23.5 Å².